The smallest absolute Gasteiger partial charge is 0.253 e. The van der Waals surface area contributed by atoms with Gasteiger partial charge in [0, 0.05) is 69.7 Å². The van der Waals surface area contributed by atoms with Crippen molar-refractivity contribution in [3.05, 3.63) is 100 Å². The number of benzene rings is 3. The molecule has 3 aromatic carbocycles. The summed E-state index contributed by atoms with van der Waals surface area (Å²) in [6, 6.07) is 25.7. The number of amides is 1. The fourth-order valence-electron chi connectivity index (χ4n) is 5.77. The molecule has 8 nitrogen and oxygen atoms in total. The van der Waals surface area contributed by atoms with Crippen molar-refractivity contribution in [2.24, 2.45) is 0 Å². The summed E-state index contributed by atoms with van der Waals surface area (Å²) in [5.41, 5.74) is 3.87. The molecule has 2 aliphatic heterocycles. The van der Waals surface area contributed by atoms with Gasteiger partial charge < -0.3 is 24.3 Å². The first-order valence-corrected chi connectivity index (χ1v) is 17.0. The molecular weight excluding hydrogens is 627 g/mol. The van der Waals surface area contributed by atoms with Crippen LogP contribution < -0.4 is 19.4 Å². The molecule has 0 spiro atoms. The quantitative estimate of drug-likeness (QED) is 0.111. The molecule has 0 radical (unpaired) electrons. The Balaban J connectivity index is 1.04. The van der Waals surface area contributed by atoms with Gasteiger partial charge >= 0.3 is 0 Å². The summed E-state index contributed by atoms with van der Waals surface area (Å²) in [7, 11) is 0. The third-order valence-corrected chi connectivity index (χ3v) is 9.50. The number of piperazine rings is 2. The monoisotopic (exact) mass is 662 g/mol. The van der Waals surface area contributed by atoms with Crippen molar-refractivity contribution in [1.29, 1.82) is 0 Å². The summed E-state index contributed by atoms with van der Waals surface area (Å²) in [6.45, 7) is 8.73. The van der Waals surface area contributed by atoms with Crippen molar-refractivity contribution < 1.29 is 9.53 Å². The lowest BCUT2D eigenvalue weighted by atomic mass is 10.1. The first kappa shape index (κ1) is 31.3. The van der Waals surface area contributed by atoms with Crippen molar-refractivity contribution in [3.63, 3.8) is 0 Å². The number of aromatic nitrogens is 2. The molecule has 2 fully saturated rings. The zero-order valence-electron chi connectivity index (χ0n) is 25.2. The van der Waals surface area contributed by atoms with Gasteiger partial charge in [0.05, 0.1) is 23.0 Å². The van der Waals surface area contributed by atoms with E-state index in [0.29, 0.717) is 41.3 Å². The number of halogens is 2. The van der Waals surface area contributed by atoms with Gasteiger partial charge in [-0.1, -0.05) is 71.4 Å². The van der Waals surface area contributed by atoms with Crippen LogP contribution in [0.4, 0.5) is 17.2 Å². The predicted octanol–water partition coefficient (Wildman–Crippen LogP) is 6.76. The van der Waals surface area contributed by atoms with Crippen LogP contribution in [0.25, 0.3) is 0 Å². The van der Waals surface area contributed by atoms with Gasteiger partial charge in [-0.05, 0) is 48.9 Å². The molecule has 2 aliphatic rings. The lowest BCUT2D eigenvalue weighted by molar-refractivity contribution is 0.0746. The van der Waals surface area contributed by atoms with Crippen LogP contribution in [-0.4, -0.2) is 79.7 Å². The number of rotatable bonds is 9. The largest absolute Gasteiger partial charge is 0.492 e. The summed E-state index contributed by atoms with van der Waals surface area (Å²) in [5.74, 6) is 2.39. The summed E-state index contributed by atoms with van der Waals surface area (Å²) in [5, 5.41) is 1.80. The molecule has 0 bridgehead atoms. The number of para-hydroxylation sites is 3. The lowest BCUT2D eigenvalue weighted by Crippen LogP contribution is -2.48. The highest BCUT2D eigenvalue weighted by molar-refractivity contribution is 7.98. The number of carbonyl (C=O) groups is 1. The van der Waals surface area contributed by atoms with Crippen LogP contribution in [0.2, 0.25) is 10.2 Å². The molecule has 234 valence electrons. The Labute approximate surface area is 278 Å². The first-order chi connectivity index (χ1) is 22.0. The summed E-state index contributed by atoms with van der Waals surface area (Å²) < 4.78 is 5.82. The van der Waals surface area contributed by atoms with Crippen LogP contribution in [0, 0.1) is 0 Å². The van der Waals surface area contributed by atoms with Gasteiger partial charge in [-0.25, -0.2) is 9.97 Å². The fourth-order valence-corrected chi connectivity index (χ4v) is 7.05. The molecule has 0 aliphatic carbocycles. The molecule has 1 amide bonds. The van der Waals surface area contributed by atoms with Crippen LogP contribution >= 0.6 is 35.0 Å². The minimum Gasteiger partial charge on any atom is -0.492 e. The molecule has 2 saturated heterocycles. The van der Waals surface area contributed by atoms with Crippen molar-refractivity contribution in [3.8, 4) is 5.75 Å². The SMILES string of the molecule is CCOc1ccccc1N1CCN(C(=O)c2cccc(CSc3nc(Cl)cc(N4CCN(c5ccccc5Cl)CC4)n3)c2)CC1. The minimum atomic E-state index is 0.0526. The predicted molar refractivity (Wildman–Crippen MR) is 185 cm³/mol. The van der Waals surface area contributed by atoms with E-state index in [1.807, 2.05) is 78.6 Å². The van der Waals surface area contributed by atoms with Gasteiger partial charge in [0.2, 0.25) is 0 Å². The maximum Gasteiger partial charge on any atom is 0.253 e. The second-order valence-electron chi connectivity index (χ2n) is 10.9. The second-order valence-corrected chi connectivity index (χ2v) is 12.7. The van der Waals surface area contributed by atoms with Crippen molar-refractivity contribution in [1.82, 2.24) is 14.9 Å². The van der Waals surface area contributed by atoms with Crippen molar-refractivity contribution in [2.45, 2.75) is 17.8 Å². The maximum absolute atomic E-state index is 13.5. The van der Waals surface area contributed by atoms with Crippen LogP contribution in [-0.2, 0) is 5.75 Å². The standard InChI is InChI=1S/C34H36Cl2N6O2S/c1-2-44-30-13-6-5-12-29(30)40-16-20-42(21-17-40)33(43)26-9-7-8-25(22-26)24-45-34-37-31(36)23-32(38-34)41-18-14-39(15-19-41)28-11-4-3-10-27(28)35/h3-13,22-23H,2,14-21,24H2,1H3. The number of hydrogen-bond acceptors (Lipinski definition) is 8. The van der Waals surface area contributed by atoms with Crippen LogP contribution in [0.3, 0.4) is 0 Å². The Hall–Kier alpha value is -3.66. The van der Waals surface area contributed by atoms with E-state index < -0.39 is 0 Å². The third-order valence-electron chi connectivity index (χ3n) is 8.07. The van der Waals surface area contributed by atoms with Gasteiger partial charge in [-0.3, -0.25) is 4.79 Å². The van der Waals surface area contributed by atoms with E-state index in [1.54, 1.807) is 0 Å². The number of ether oxygens (including phenoxy) is 1. The highest BCUT2D eigenvalue weighted by Crippen LogP contribution is 2.31. The van der Waals surface area contributed by atoms with Gasteiger partial charge in [0.15, 0.2) is 5.16 Å². The van der Waals surface area contributed by atoms with Gasteiger partial charge in [-0.15, -0.1) is 0 Å². The minimum absolute atomic E-state index is 0.0526. The van der Waals surface area contributed by atoms with E-state index in [2.05, 4.69) is 31.8 Å². The number of carbonyl (C=O) groups excluding carboxylic acids is 1. The molecule has 6 rings (SSSR count). The molecule has 1 aromatic heterocycles. The molecular formula is C34H36Cl2N6O2S. The van der Waals surface area contributed by atoms with Crippen molar-refractivity contribution >= 4 is 58.1 Å². The molecule has 3 heterocycles. The van der Waals surface area contributed by atoms with E-state index in [0.717, 1.165) is 72.8 Å². The Bertz CT molecular complexity index is 1630. The van der Waals surface area contributed by atoms with E-state index in [9.17, 15) is 4.79 Å². The van der Waals surface area contributed by atoms with Gasteiger partial charge in [0.25, 0.3) is 5.91 Å². The summed E-state index contributed by atoms with van der Waals surface area (Å²) in [4.78, 5) is 31.5. The van der Waals surface area contributed by atoms with E-state index >= 15 is 0 Å². The maximum atomic E-state index is 13.5. The summed E-state index contributed by atoms with van der Waals surface area (Å²) in [6.07, 6.45) is 0. The molecule has 0 unspecified atom stereocenters. The van der Waals surface area contributed by atoms with Crippen LogP contribution in [0.5, 0.6) is 5.75 Å². The average Bonchev–Trinajstić information content (AvgIpc) is 3.08. The van der Waals surface area contributed by atoms with E-state index in [4.69, 9.17) is 32.9 Å². The number of hydrogen-bond donors (Lipinski definition) is 0. The number of nitrogens with zero attached hydrogens (tertiary/aromatic N) is 6. The van der Waals surface area contributed by atoms with Gasteiger partial charge in [0.1, 0.15) is 16.7 Å². The lowest BCUT2D eigenvalue weighted by Gasteiger charge is -2.37. The zero-order valence-corrected chi connectivity index (χ0v) is 27.6. The van der Waals surface area contributed by atoms with Crippen LogP contribution in [0.1, 0.15) is 22.8 Å². The number of anilines is 3. The Morgan fingerprint density at radius 2 is 1.44 bits per heavy atom. The average molecular weight is 664 g/mol. The molecule has 4 aromatic rings. The van der Waals surface area contributed by atoms with Gasteiger partial charge in [-0.2, -0.15) is 0 Å². The molecule has 45 heavy (non-hydrogen) atoms. The molecule has 0 saturated carbocycles. The second kappa shape index (κ2) is 14.6. The molecule has 0 atom stereocenters. The topological polar surface area (TPSA) is 65.0 Å². The zero-order chi connectivity index (χ0) is 31.2. The Morgan fingerprint density at radius 3 is 2.20 bits per heavy atom. The molecule has 11 heteroatoms. The van der Waals surface area contributed by atoms with Crippen LogP contribution in [0.15, 0.2) is 84.0 Å². The Kier molecular flexibility index (Phi) is 10.2. The third kappa shape index (κ3) is 7.60. The van der Waals surface area contributed by atoms with E-state index in [-0.39, 0.29) is 5.91 Å². The molecule has 0 N–H and O–H groups in total. The van der Waals surface area contributed by atoms with Crippen molar-refractivity contribution in [2.75, 3.05) is 73.7 Å². The fraction of sp³-hybridized carbons (Fsp3) is 0.324. The first-order valence-electron chi connectivity index (χ1n) is 15.3. The van der Waals surface area contributed by atoms with E-state index in [1.165, 1.54) is 11.8 Å². The normalized spacial score (nSPS) is 15.4. The number of thioether (sulfide) groups is 1. The highest BCUT2D eigenvalue weighted by atomic mass is 35.5. The summed E-state index contributed by atoms with van der Waals surface area (Å²) >= 11 is 14.4. The Morgan fingerprint density at radius 1 is 0.778 bits per heavy atom. The highest BCUT2D eigenvalue weighted by Gasteiger charge is 2.24.